The van der Waals surface area contributed by atoms with E-state index >= 15 is 0 Å². The number of rotatable bonds is 2. The Labute approximate surface area is 131 Å². The van der Waals surface area contributed by atoms with Gasteiger partial charge in [-0.1, -0.05) is 45.0 Å². The summed E-state index contributed by atoms with van der Waals surface area (Å²) in [6, 6.07) is 14.3. The third kappa shape index (κ3) is 2.45. The lowest BCUT2D eigenvalue weighted by Crippen LogP contribution is -2.09. The molecular formula is C20H21NO. The highest BCUT2D eigenvalue weighted by Crippen LogP contribution is 2.30. The summed E-state index contributed by atoms with van der Waals surface area (Å²) in [6.45, 7) is 8.78. The highest BCUT2D eigenvalue weighted by molar-refractivity contribution is 5.79. The molecule has 2 heterocycles. The van der Waals surface area contributed by atoms with E-state index in [1.165, 1.54) is 16.6 Å². The number of benzene rings is 1. The Hall–Kier alpha value is -2.35. The summed E-state index contributed by atoms with van der Waals surface area (Å²) in [5, 5.41) is 0. The van der Waals surface area contributed by atoms with Crippen molar-refractivity contribution < 1.29 is 4.79 Å². The van der Waals surface area contributed by atoms with Crippen LogP contribution in [0.4, 0.5) is 0 Å². The number of carbonyl (C=O) groups is 1. The summed E-state index contributed by atoms with van der Waals surface area (Å²) in [7, 11) is 0. The van der Waals surface area contributed by atoms with Crippen LogP contribution in [-0.4, -0.2) is 10.7 Å². The Morgan fingerprint density at radius 2 is 1.82 bits per heavy atom. The van der Waals surface area contributed by atoms with Gasteiger partial charge in [-0.3, -0.25) is 4.79 Å². The topological polar surface area (TPSA) is 21.5 Å². The molecule has 3 rings (SSSR count). The molecule has 0 saturated heterocycles. The second kappa shape index (κ2) is 5.13. The van der Waals surface area contributed by atoms with Crippen LogP contribution in [0.2, 0.25) is 0 Å². The average Bonchev–Trinajstić information content (AvgIpc) is 2.91. The van der Waals surface area contributed by atoms with E-state index in [1.807, 2.05) is 18.2 Å². The Bertz CT molecular complexity index is 850. The number of aldehydes is 1. The molecular weight excluding hydrogens is 270 g/mol. The second-order valence-corrected chi connectivity index (χ2v) is 6.88. The first-order valence-corrected chi connectivity index (χ1v) is 7.58. The van der Waals surface area contributed by atoms with Crippen molar-refractivity contribution >= 4 is 11.8 Å². The van der Waals surface area contributed by atoms with Crippen LogP contribution in [0.1, 0.15) is 42.3 Å². The van der Waals surface area contributed by atoms with Crippen molar-refractivity contribution in [2.45, 2.75) is 33.1 Å². The fourth-order valence-corrected chi connectivity index (χ4v) is 2.82. The number of pyridine rings is 1. The van der Waals surface area contributed by atoms with Crippen LogP contribution in [0.5, 0.6) is 0 Å². The number of hydrogen-bond donors (Lipinski definition) is 0. The normalized spacial score (nSPS) is 11.8. The molecule has 2 nitrogen and oxygen atoms in total. The molecule has 0 N–H and O–H groups in total. The molecule has 0 bridgehead atoms. The van der Waals surface area contributed by atoms with Crippen molar-refractivity contribution in [3.05, 3.63) is 65.4 Å². The zero-order valence-electron chi connectivity index (χ0n) is 13.6. The molecule has 0 aliphatic rings. The fourth-order valence-electron chi connectivity index (χ4n) is 2.82. The van der Waals surface area contributed by atoms with Crippen LogP contribution in [-0.2, 0) is 5.41 Å². The average molecular weight is 291 g/mol. The highest BCUT2D eigenvalue weighted by atomic mass is 16.1. The minimum absolute atomic E-state index is 0.113. The van der Waals surface area contributed by atoms with Gasteiger partial charge in [0.1, 0.15) is 6.29 Å². The Morgan fingerprint density at radius 1 is 1.05 bits per heavy atom. The van der Waals surface area contributed by atoms with Gasteiger partial charge in [0, 0.05) is 17.3 Å². The van der Waals surface area contributed by atoms with Gasteiger partial charge in [0.25, 0.3) is 0 Å². The Morgan fingerprint density at radius 3 is 2.50 bits per heavy atom. The largest absolute Gasteiger partial charge is 0.316 e. The molecule has 0 unspecified atom stereocenters. The van der Waals surface area contributed by atoms with Crippen molar-refractivity contribution in [2.75, 3.05) is 0 Å². The first-order valence-electron chi connectivity index (χ1n) is 7.58. The lowest BCUT2D eigenvalue weighted by molar-refractivity contribution is 0.112. The predicted octanol–water partition coefficient (Wildman–Crippen LogP) is 5.02. The molecule has 2 aromatic heterocycles. The van der Waals surface area contributed by atoms with Crippen LogP contribution < -0.4 is 0 Å². The van der Waals surface area contributed by atoms with Crippen molar-refractivity contribution in [2.24, 2.45) is 0 Å². The van der Waals surface area contributed by atoms with Crippen molar-refractivity contribution in [1.29, 1.82) is 0 Å². The van der Waals surface area contributed by atoms with Crippen molar-refractivity contribution in [1.82, 2.24) is 4.40 Å². The maximum Gasteiger partial charge on any atom is 0.150 e. The molecule has 22 heavy (non-hydrogen) atoms. The molecule has 3 aromatic rings. The van der Waals surface area contributed by atoms with Crippen LogP contribution in [0, 0.1) is 6.92 Å². The van der Waals surface area contributed by atoms with E-state index in [0.29, 0.717) is 5.56 Å². The molecule has 2 heteroatoms. The first kappa shape index (κ1) is 14.6. The quantitative estimate of drug-likeness (QED) is 0.607. The third-order valence-corrected chi connectivity index (χ3v) is 4.13. The second-order valence-electron chi connectivity index (χ2n) is 6.88. The summed E-state index contributed by atoms with van der Waals surface area (Å²) in [4.78, 5) is 11.1. The standard InChI is InChI=1S/C20H21NO/c1-14-8-9-18-11-17(20(2,3)4)12-21(18)19(14)16-7-5-6-15(10-16)13-22/h5-13H,1-4H3. The number of aromatic nitrogens is 1. The van der Waals surface area contributed by atoms with Gasteiger partial charge < -0.3 is 4.40 Å². The van der Waals surface area contributed by atoms with E-state index in [-0.39, 0.29) is 5.41 Å². The number of fused-ring (bicyclic) bond motifs is 1. The van der Waals surface area contributed by atoms with E-state index in [9.17, 15) is 4.79 Å². The van der Waals surface area contributed by atoms with Crippen LogP contribution in [0.3, 0.4) is 0 Å². The SMILES string of the molecule is Cc1ccc2cc(C(C)(C)C)cn2c1-c1cccc(C=O)c1. The molecule has 0 radical (unpaired) electrons. The van der Waals surface area contributed by atoms with E-state index in [1.54, 1.807) is 0 Å². The van der Waals surface area contributed by atoms with Crippen LogP contribution >= 0.6 is 0 Å². The van der Waals surface area contributed by atoms with E-state index in [0.717, 1.165) is 17.5 Å². The molecule has 0 aliphatic heterocycles. The van der Waals surface area contributed by atoms with Gasteiger partial charge >= 0.3 is 0 Å². The number of nitrogens with zero attached hydrogens (tertiary/aromatic N) is 1. The van der Waals surface area contributed by atoms with Crippen molar-refractivity contribution in [3.8, 4) is 11.3 Å². The maximum absolute atomic E-state index is 11.1. The van der Waals surface area contributed by atoms with E-state index in [2.05, 4.69) is 62.6 Å². The van der Waals surface area contributed by atoms with E-state index < -0.39 is 0 Å². The van der Waals surface area contributed by atoms with Crippen molar-refractivity contribution in [3.63, 3.8) is 0 Å². The number of hydrogen-bond acceptors (Lipinski definition) is 1. The molecule has 0 amide bonds. The monoisotopic (exact) mass is 291 g/mol. The van der Waals surface area contributed by atoms with Gasteiger partial charge in [0.15, 0.2) is 0 Å². The summed E-state index contributed by atoms with van der Waals surface area (Å²) in [6.07, 6.45) is 3.11. The Kier molecular flexibility index (Phi) is 3.40. The molecule has 1 aromatic carbocycles. The van der Waals surface area contributed by atoms with Crippen LogP contribution in [0.25, 0.3) is 16.8 Å². The predicted molar refractivity (Wildman–Crippen MR) is 91.7 cm³/mol. The summed E-state index contributed by atoms with van der Waals surface area (Å²) < 4.78 is 2.24. The number of carbonyl (C=O) groups excluding carboxylic acids is 1. The minimum atomic E-state index is 0.113. The zero-order chi connectivity index (χ0) is 15.9. The highest BCUT2D eigenvalue weighted by Gasteiger charge is 2.17. The van der Waals surface area contributed by atoms with Crippen LogP contribution in [0.15, 0.2) is 48.7 Å². The lowest BCUT2D eigenvalue weighted by Gasteiger charge is -2.16. The van der Waals surface area contributed by atoms with Gasteiger partial charge in [-0.05, 0) is 47.2 Å². The van der Waals surface area contributed by atoms with Gasteiger partial charge in [-0.15, -0.1) is 0 Å². The van der Waals surface area contributed by atoms with Gasteiger partial charge in [0.2, 0.25) is 0 Å². The molecule has 0 atom stereocenters. The van der Waals surface area contributed by atoms with Gasteiger partial charge in [0.05, 0.1) is 5.69 Å². The summed E-state index contributed by atoms with van der Waals surface area (Å²) in [5.41, 5.74) is 6.74. The smallest absolute Gasteiger partial charge is 0.150 e. The zero-order valence-corrected chi connectivity index (χ0v) is 13.6. The number of aryl methyl sites for hydroxylation is 1. The first-order chi connectivity index (χ1) is 10.4. The summed E-state index contributed by atoms with van der Waals surface area (Å²) in [5.74, 6) is 0. The molecule has 0 spiro atoms. The fraction of sp³-hybridized carbons (Fsp3) is 0.250. The van der Waals surface area contributed by atoms with Gasteiger partial charge in [-0.25, -0.2) is 0 Å². The molecule has 112 valence electrons. The summed E-state index contributed by atoms with van der Waals surface area (Å²) >= 11 is 0. The molecule has 0 fully saturated rings. The Balaban J connectivity index is 2.29. The lowest BCUT2D eigenvalue weighted by atomic mass is 9.89. The molecule has 0 aliphatic carbocycles. The minimum Gasteiger partial charge on any atom is -0.316 e. The third-order valence-electron chi connectivity index (χ3n) is 4.13. The van der Waals surface area contributed by atoms with E-state index in [4.69, 9.17) is 0 Å². The molecule has 0 saturated carbocycles. The van der Waals surface area contributed by atoms with Gasteiger partial charge in [-0.2, -0.15) is 0 Å². The maximum atomic E-state index is 11.1.